The Morgan fingerprint density at radius 3 is 2.27 bits per heavy atom. The van der Waals surface area contributed by atoms with Crippen molar-refractivity contribution in [1.29, 1.82) is 0 Å². The molecule has 0 spiro atoms. The van der Waals surface area contributed by atoms with E-state index in [-0.39, 0.29) is 0 Å². The number of rotatable bonds is 2. The zero-order chi connectivity index (χ0) is 10.7. The van der Waals surface area contributed by atoms with Crippen LogP contribution in [0.15, 0.2) is 35.3 Å². The predicted molar refractivity (Wildman–Crippen MR) is 62.8 cm³/mol. The van der Waals surface area contributed by atoms with Gasteiger partial charge in [-0.1, -0.05) is 30.3 Å². The molecule has 3 heteroatoms. The highest BCUT2D eigenvalue weighted by Crippen LogP contribution is 2.06. The molecular formula is C12H17N3. The summed E-state index contributed by atoms with van der Waals surface area (Å²) < 4.78 is 0. The maximum Gasteiger partial charge on any atom is 0.196 e. The van der Waals surface area contributed by atoms with E-state index in [1.54, 1.807) is 0 Å². The zero-order valence-electron chi connectivity index (χ0n) is 9.35. The molecule has 1 heterocycles. The van der Waals surface area contributed by atoms with E-state index in [0.29, 0.717) is 0 Å². The molecule has 0 saturated carbocycles. The maximum atomic E-state index is 4.62. The summed E-state index contributed by atoms with van der Waals surface area (Å²) in [5, 5.41) is 0. The Labute approximate surface area is 91.0 Å². The minimum absolute atomic E-state index is 0.769. The number of aliphatic imine (C=N–C) groups is 1. The summed E-state index contributed by atoms with van der Waals surface area (Å²) in [6.45, 7) is 2.92. The van der Waals surface area contributed by atoms with E-state index in [4.69, 9.17) is 0 Å². The van der Waals surface area contributed by atoms with Crippen LogP contribution in [0.25, 0.3) is 0 Å². The molecule has 80 valence electrons. The van der Waals surface area contributed by atoms with Crippen molar-refractivity contribution in [1.82, 2.24) is 9.80 Å². The number of guanidine groups is 1. The molecule has 1 aliphatic heterocycles. The first-order valence-electron chi connectivity index (χ1n) is 5.28. The van der Waals surface area contributed by atoms with Crippen molar-refractivity contribution in [2.24, 2.45) is 4.99 Å². The molecule has 1 aromatic carbocycles. The smallest absolute Gasteiger partial charge is 0.196 e. The van der Waals surface area contributed by atoms with Gasteiger partial charge in [-0.15, -0.1) is 0 Å². The van der Waals surface area contributed by atoms with Crippen LogP contribution in [0.2, 0.25) is 0 Å². The quantitative estimate of drug-likeness (QED) is 0.724. The number of nitrogens with zero attached hydrogens (tertiary/aromatic N) is 3. The van der Waals surface area contributed by atoms with Crippen molar-refractivity contribution >= 4 is 5.96 Å². The summed E-state index contributed by atoms with van der Waals surface area (Å²) in [6.07, 6.45) is 0. The fraction of sp³-hybridized carbons (Fsp3) is 0.417. The fourth-order valence-corrected chi connectivity index (χ4v) is 1.78. The fourth-order valence-electron chi connectivity index (χ4n) is 1.78. The zero-order valence-corrected chi connectivity index (χ0v) is 9.35. The summed E-state index contributed by atoms with van der Waals surface area (Å²) in [5.41, 5.74) is 1.26. The van der Waals surface area contributed by atoms with E-state index in [9.17, 15) is 0 Å². The van der Waals surface area contributed by atoms with Crippen LogP contribution in [0.3, 0.4) is 0 Å². The van der Waals surface area contributed by atoms with Gasteiger partial charge >= 0.3 is 0 Å². The van der Waals surface area contributed by atoms with Gasteiger partial charge in [-0.25, -0.2) is 4.99 Å². The minimum Gasteiger partial charge on any atom is -0.344 e. The Morgan fingerprint density at radius 1 is 1.07 bits per heavy atom. The van der Waals surface area contributed by atoms with Crippen LogP contribution in [0, 0.1) is 0 Å². The molecule has 0 amide bonds. The largest absolute Gasteiger partial charge is 0.344 e. The number of likely N-dealkylation sites (N-methyl/N-ethyl adjacent to an activating group) is 2. The van der Waals surface area contributed by atoms with Crippen molar-refractivity contribution in [2.45, 2.75) is 6.54 Å². The molecule has 0 aliphatic carbocycles. The lowest BCUT2D eigenvalue weighted by Crippen LogP contribution is -2.28. The van der Waals surface area contributed by atoms with Crippen LogP contribution in [-0.4, -0.2) is 42.9 Å². The Bertz CT molecular complexity index is 333. The molecule has 1 saturated heterocycles. The minimum atomic E-state index is 0.769. The van der Waals surface area contributed by atoms with Crippen LogP contribution in [0.1, 0.15) is 5.56 Å². The SMILES string of the molecule is CN1CCN(C)C1=NCc1ccccc1. The maximum absolute atomic E-state index is 4.62. The van der Waals surface area contributed by atoms with Gasteiger partial charge in [-0.3, -0.25) is 0 Å². The highest BCUT2D eigenvalue weighted by Gasteiger charge is 2.18. The first-order chi connectivity index (χ1) is 7.27. The van der Waals surface area contributed by atoms with E-state index >= 15 is 0 Å². The third-order valence-electron chi connectivity index (χ3n) is 2.70. The Hall–Kier alpha value is -1.51. The molecule has 2 rings (SSSR count). The van der Waals surface area contributed by atoms with Crippen molar-refractivity contribution in [2.75, 3.05) is 27.2 Å². The van der Waals surface area contributed by atoms with Crippen molar-refractivity contribution in [3.63, 3.8) is 0 Å². The van der Waals surface area contributed by atoms with Gasteiger partial charge in [0.25, 0.3) is 0 Å². The van der Waals surface area contributed by atoms with E-state index in [1.807, 2.05) is 6.07 Å². The standard InChI is InChI=1S/C12H17N3/c1-14-8-9-15(2)12(14)13-10-11-6-4-3-5-7-11/h3-7H,8-10H2,1-2H3. The molecule has 0 atom stereocenters. The van der Waals surface area contributed by atoms with E-state index in [2.05, 4.69) is 53.2 Å². The van der Waals surface area contributed by atoms with Gasteiger partial charge in [0, 0.05) is 27.2 Å². The van der Waals surface area contributed by atoms with Gasteiger partial charge in [0.05, 0.1) is 6.54 Å². The second-order valence-electron chi connectivity index (χ2n) is 3.94. The normalized spacial score (nSPS) is 16.0. The first-order valence-corrected chi connectivity index (χ1v) is 5.28. The monoisotopic (exact) mass is 203 g/mol. The van der Waals surface area contributed by atoms with Crippen molar-refractivity contribution in [3.8, 4) is 0 Å². The lowest BCUT2D eigenvalue weighted by Gasteiger charge is -2.15. The molecule has 1 aromatic rings. The summed E-state index contributed by atoms with van der Waals surface area (Å²) in [7, 11) is 4.18. The van der Waals surface area contributed by atoms with Gasteiger partial charge in [-0.05, 0) is 5.56 Å². The van der Waals surface area contributed by atoms with Gasteiger partial charge < -0.3 is 9.80 Å². The van der Waals surface area contributed by atoms with Gasteiger partial charge in [0.15, 0.2) is 5.96 Å². The first kappa shape index (κ1) is 10.0. The molecular weight excluding hydrogens is 186 g/mol. The molecule has 0 N–H and O–H groups in total. The van der Waals surface area contributed by atoms with Crippen LogP contribution in [-0.2, 0) is 6.54 Å². The van der Waals surface area contributed by atoms with E-state index in [1.165, 1.54) is 5.56 Å². The Morgan fingerprint density at radius 2 is 1.67 bits per heavy atom. The van der Waals surface area contributed by atoms with Gasteiger partial charge in [-0.2, -0.15) is 0 Å². The number of hydrogen-bond donors (Lipinski definition) is 0. The molecule has 0 aromatic heterocycles. The van der Waals surface area contributed by atoms with E-state index in [0.717, 1.165) is 25.6 Å². The molecule has 0 radical (unpaired) electrons. The second kappa shape index (κ2) is 4.34. The predicted octanol–water partition coefficient (Wildman–Crippen LogP) is 1.42. The van der Waals surface area contributed by atoms with Crippen molar-refractivity contribution < 1.29 is 0 Å². The highest BCUT2D eigenvalue weighted by molar-refractivity contribution is 5.81. The van der Waals surface area contributed by atoms with Gasteiger partial charge in [0.2, 0.25) is 0 Å². The summed E-state index contributed by atoms with van der Waals surface area (Å²) in [5.74, 6) is 1.10. The van der Waals surface area contributed by atoms with Gasteiger partial charge in [0.1, 0.15) is 0 Å². The molecule has 0 unspecified atom stereocenters. The molecule has 15 heavy (non-hydrogen) atoms. The highest BCUT2D eigenvalue weighted by atomic mass is 15.4. The average Bonchev–Trinajstić information content (AvgIpc) is 2.58. The van der Waals surface area contributed by atoms with Crippen LogP contribution in [0.4, 0.5) is 0 Å². The second-order valence-corrected chi connectivity index (χ2v) is 3.94. The molecule has 3 nitrogen and oxygen atoms in total. The number of benzene rings is 1. The summed E-state index contributed by atoms with van der Waals surface area (Å²) in [4.78, 5) is 9.02. The topological polar surface area (TPSA) is 18.8 Å². The third-order valence-corrected chi connectivity index (χ3v) is 2.70. The average molecular weight is 203 g/mol. The van der Waals surface area contributed by atoms with Crippen LogP contribution in [0.5, 0.6) is 0 Å². The van der Waals surface area contributed by atoms with Crippen molar-refractivity contribution in [3.05, 3.63) is 35.9 Å². The third kappa shape index (κ3) is 2.29. The Balaban J connectivity index is 2.05. The van der Waals surface area contributed by atoms with Crippen LogP contribution >= 0.6 is 0 Å². The molecule has 0 bridgehead atoms. The molecule has 1 fully saturated rings. The number of hydrogen-bond acceptors (Lipinski definition) is 1. The summed E-state index contributed by atoms with van der Waals surface area (Å²) >= 11 is 0. The lowest BCUT2D eigenvalue weighted by molar-refractivity contribution is 0.553. The lowest BCUT2D eigenvalue weighted by atomic mass is 10.2. The summed E-state index contributed by atoms with van der Waals surface area (Å²) in [6, 6.07) is 10.4. The Kier molecular flexibility index (Phi) is 2.90. The molecule has 1 aliphatic rings. The van der Waals surface area contributed by atoms with Crippen LogP contribution < -0.4 is 0 Å². The van der Waals surface area contributed by atoms with E-state index < -0.39 is 0 Å².